The van der Waals surface area contributed by atoms with E-state index in [1.165, 1.54) is 30.5 Å². The molecular formula is C18H16F3N5O3S2. The maximum absolute atomic E-state index is 13.0. The number of halogens is 3. The Morgan fingerprint density at radius 2 is 1.94 bits per heavy atom. The van der Waals surface area contributed by atoms with Crippen molar-refractivity contribution in [2.24, 2.45) is 0 Å². The highest BCUT2D eigenvalue weighted by molar-refractivity contribution is 7.93. The summed E-state index contributed by atoms with van der Waals surface area (Å²) >= 11 is 1.13. The van der Waals surface area contributed by atoms with E-state index in [0.717, 1.165) is 34.9 Å². The van der Waals surface area contributed by atoms with Gasteiger partial charge in [0.05, 0.1) is 4.90 Å². The number of carbonyl (C=O) groups is 1. The van der Waals surface area contributed by atoms with Crippen LogP contribution < -0.4 is 10.0 Å². The summed E-state index contributed by atoms with van der Waals surface area (Å²) in [5.74, 6) is -0.596. The van der Waals surface area contributed by atoms with Crippen LogP contribution in [-0.2, 0) is 27.5 Å². The molecule has 0 saturated heterocycles. The number of hydrogen-bond donors (Lipinski definition) is 2. The first-order chi connectivity index (χ1) is 14.6. The van der Waals surface area contributed by atoms with Gasteiger partial charge in [0.2, 0.25) is 5.91 Å². The van der Waals surface area contributed by atoms with Gasteiger partial charge in [0, 0.05) is 28.9 Å². The molecule has 0 atom stereocenters. The first-order valence-electron chi connectivity index (χ1n) is 9.09. The Kier molecular flexibility index (Phi) is 5.47. The highest BCUT2D eigenvalue weighted by atomic mass is 32.2. The lowest BCUT2D eigenvalue weighted by Gasteiger charge is -2.09. The second-order valence-electron chi connectivity index (χ2n) is 6.90. The molecule has 4 rings (SSSR count). The Bertz CT molecular complexity index is 1190. The van der Waals surface area contributed by atoms with Crippen LogP contribution in [0.1, 0.15) is 30.1 Å². The van der Waals surface area contributed by atoms with Crippen LogP contribution in [0.15, 0.2) is 46.8 Å². The molecular weight excluding hydrogens is 455 g/mol. The maximum atomic E-state index is 13.0. The quantitative estimate of drug-likeness (QED) is 0.547. The molecule has 1 amide bonds. The van der Waals surface area contributed by atoms with Gasteiger partial charge in [-0.2, -0.15) is 18.3 Å². The second kappa shape index (κ2) is 7.96. The third-order valence-corrected chi connectivity index (χ3v) is 6.67. The van der Waals surface area contributed by atoms with Crippen LogP contribution in [0.25, 0.3) is 0 Å². The number of benzene rings is 1. The van der Waals surface area contributed by atoms with Crippen molar-refractivity contribution in [1.82, 2.24) is 14.8 Å². The number of alkyl halides is 3. The number of carbonyl (C=O) groups excluding carboxylic acids is 1. The summed E-state index contributed by atoms with van der Waals surface area (Å²) in [6.45, 7) is -0.381. The van der Waals surface area contributed by atoms with Crippen LogP contribution in [0.2, 0.25) is 0 Å². The summed E-state index contributed by atoms with van der Waals surface area (Å²) in [5.41, 5.74) is -0.337. The second-order valence-corrected chi connectivity index (χ2v) is 9.48. The van der Waals surface area contributed by atoms with E-state index in [1.807, 2.05) is 0 Å². The zero-order chi connectivity index (χ0) is 22.2. The molecule has 0 aliphatic heterocycles. The van der Waals surface area contributed by atoms with E-state index in [1.54, 1.807) is 5.38 Å². The third-order valence-electron chi connectivity index (χ3n) is 4.49. The molecule has 0 radical (unpaired) electrons. The fraction of sp³-hybridized carbons (Fsp3) is 0.278. The topological polar surface area (TPSA) is 106 Å². The number of amides is 1. The summed E-state index contributed by atoms with van der Waals surface area (Å²) < 4.78 is 67.0. The molecule has 2 N–H and O–H groups in total. The highest BCUT2D eigenvalue weighted by Crippen LogP contribution is 2.42. The normalized spacial score (nSPS) is 14.4. The number of aromatic nitrogens is 3. The van der Waals surface area contributed by atoms with E-state index in [0.29, 0.717) is 11.4 Å². The molecule has 1 aliphatic carbocycles. The largest absolute Gasteiger partial charge is 0.435 e. The molecule has 1 aromatic carbocycles. The Morgan fingerprint density at radius 1 is 1.23 bits per heavy atom. The molecule has 2 heterocycles. The molecule has 164 valence electrons. The van der Waals surface area contributed by atoms with Gasteiger partial charge in [-0.1, -0.05) is 0 Å². The SMILES string of the molecule is O=C(Cn1nc(C(F)(F)F)cc1C1CC1)Nc1ccc(S(=O)(=O)Nc2nccs2)cc1. The fourth-order valence-electron chi connectivity index (χ4n) is 2.91. The van der Waals surface area contributed by atoms with Crippen LogP contribution in [0.3, 0.4) is 0 Å². The van der Waals surface area contributed by atoms with E-state index in [-0.39, 0.29) is 22.5 Å². The summed E-state index contributed by atoms with van der Waals surface area (Å²) in [6.07, 6.45) is -1.60. The van der Waals surface area contributed by atoms with E-state index in [2.05, 4.69) is 20.1 Å². The van der Waals surface area contributed by atoms with E-state index >= 15 is 0 Å². The molecule has 2 aromatic heterocycles. The fourth-order valence-corrected chi connectivity index (χ4v) is 4.69. The number of thiazole rings is 1. The molecule has 1 saturated carbocycles. The Labute approximate surface area is 179 Å². The van der Waals surface area contributed by atoms with E-state index < -0.39 is 27.8 Å². The van der Waals surface area contributed by atoms with Gasteiger partial charge in [-0.3, -0.25) is 14.2 Å². The van der Waals surface area contributed by atoms with Crippen molar-refractivity contribution in [1.29, 1.82) is 0 Å². The lowest BCUT2D eigenvalue weighted by Crippen LogP contribution is -2.21. The summed E-state index contributed by atoms with van der Waals surface area (Å²) in [4.78, 5) is 16.2. The van der Waals surface area contributed by atoms with Gasteiger partial charge in [0.1, 0.15) is 6.54 Å². The average molecular weight is 471 g/mol. The van der Waals surface area contributed by atoms with Crippen molar-refractivity contribution in [2.45, 2.75) is 36.4 Å². The van der Waals surface area contributed by atoms with Crippen molar-refractivity contribution < 1.29 is 26.4 Å². The van der Waals surface area contributed by atoms with Crippen molar-refractivity contribution in [3.05, 3.63) is 53.3 Å². The number of rotatable bonds is 7. The van der Waals surface area contributed by atoms with Gasteiger partial charge in [0.25, 0.3) is 10.0 Å². The molecule has 13 heteroatoms. The third kappa shape index (κ3) is 5.05. The standard InChI is InChI=1S/C18H16F3N5O3S2/c19-18(20,21)15-9-14(11-1-2-11)26(24-15)10-16(27)23-12-3-5-13(6-4-12)31(28,29)25-17-22-7-8-30-17/h3-9,11H,1-2,10H2,(H,22,25)(H,23,27). The van der Waals surface area contributed by atoms with Crippen molar-refractivity contribution in [3.63, 3.8) is 0 Å². The minimum absolute atomic E-state index is 0.0220. The number of nitrogens with zero attached hydrogens (tertiary/aromatic N) is 3. The number of nitrogens with one attached hydrogen (secondary N) is 2. The maximum Gasteiger partial charge on any atom is 0.435 e. The minimum Gasteiger partial charge on any atom is -0.324 e. The summed E-state index contributed by atoms with van der Waals surface area (Å²) in [5, 5.41) is 7.94. The van der Waals surface area contributed by atoms with Gasteiger partial charge in [-0.05, 0) is 43.2 Å². The van der Waals surface area contributed by atoms with Crippen LogP contribution in [0.5, 0.6) is 0 Å². The number of anilines is 2. The highest BCUT2D eigenvalue weighted by Gasteiger charge is 2.38. The smallest absolute Gasteiger partial charge is 0.324 e. The predicted octanol–water partition coefficient (Wildman–Crippen LogP) is 3.68. The molecule has 1 aliphatic rings. The Balaban J connectivity index is 1.43. The first-order valence-corrected chi connectivity index (χ1v) is 11.5. The first kappa shape index (κ1) is 21.3. The van der Waals surface area contributed by atoms with Gasteiger partial charge >= 0.3 is 6.18 Å². The number of sulfonamides is 1. The predicted molar refractivity (Wildman–Crippen MR) is 107 cm³/mol. The zero-order valence-corrected chi connectivity index (χ0v) is 17.4. The van der Waals surface area contributed by atoms with Gasteiger partial charge in [-0.15, -0.1) is 11.3 Å². The van der Waals surface area contributed by atoms with Gasteiger partial charge < -0.3 is 5.32 Å². The number of hydrogen-bond acceptors (Lipinski definition) is 6. The summed E-state index contributed by atoms with van der Waals surface area (Å²) in [6, 6.07) is 6.37. The lowest BCUT2D eigenvalue weighted by atomic mass is 10.2. The van der Waals surface area contributed by atoms with Crippen molar-refractivity contribution in [2.75, 3.05) is 10.0 Å². The van der Waals surface area contributed by atoms with Crippen molar-refractivity contribution in [3.8, 4) is 0 Å². The minimum atomic E-state index is -4.58. The zero-order valence-electron chi connectivity index (χ0n) is 15.8. The summed E-state index contributed by atoms with van der Waals surface area (Å²) in [7, 11) is -3.83. The molecule has 8 nitrogen and oxygen atoms in total. The van der Waals surface area contributed by atoms with Crippen LogP contribution in [-0.4, -0.2) is 29.1 Å². The van der Waals surface area contributed by atoms with Gasteiger partial charge in [0.15, 0.2) is 10.8 Å². The van der Waals surface area contributed by atoms with E-state index in [9.17, 15) is 26.4 Å². The van der Waals surface area contributed by atoms with Crippen LogP contribution >= 0.6 is 11.3 Å². The monoisotopic (exact) mass is 471 g/mol. The molecule has 1 fully saturated rings. The molecule has 3 aromatic rings. The molecule has 0 unspecified atom stereocenters. The van der Waals surface area contributed by atoms with Crippen LogP contribution in [0, 0.1) is 0 Å². The lowest BCUT2D eigenvalue weighted by molar-refractivity contribution is -0.141. The van der Waals surface area contributed by atoms with Gasteiger partial charge in [-0.25, -0.2) is 13.4 Å². The van der Waals surface area contributed by atoms with E-state index in [4.69, 9.17) is 0 Å². The van der Waals surface area contributed by atoms with Crippen molar-refractivity contribution >= 4 is 38.1 Å². The molecule has 0 bridgehead atoms. The molecule has 31 heavy (non-hydrogen) atoms. The average Bonchev–Trinajstić information content (AvgIpc) is 3.23. The Morgan fingerprint density at radius 3 is 2.52 bits per heavy atom. The molecule has 0 spiro atoms. The van der Waals surface area contributed by atoms with Crippen LogP contribution in [0.4, 0.5) is 24.0 Å². The Hall–Kier alpha value is -2.93.